The first kappa shape index (κ1) is 6.59. The Morgan fingerprint density at radius 3 is 2.44 bits per heavy atom. The summed E-state index contributed by atoms with van der Waals surface area (Å²) in [5, 5.41) is 0. The Morgan fingerprint density at radius 1 is 1.56 bits per heavy atom. The standard InChI is InChI=1S/C7H12O2/c1-5-3-6(4-5)7(8)9-2/h5-6H,3-4H2,1-2H3/t5-,6+. The maximum Gasteiger partial charge on any atom is 0.308 e. The molecule has 0 amide bonds. The zero-order valence-corrected chi connectivity index (χ0v) is 5.89. The van der Waals surface area contributed by atoms with Crippen LogP contribution in [0.3, 0.4) is 0 Å². The van der Waals surface area contributed by atoms with E-state index in [0.717, 1.165) is 18.8 Å². The Labute approximate surface area is 55.2 Å². The number of hydrogen-bond acceptors (Lipinski definition) is 2. The van der Waals surface area contributed by atoms with Crippen LogP contribution in [0.5, 0.6) is 0 Å². The lowest BCUT2D eigenvalue weighted by molar-refractivity contribution is -0.149. The minimum atomic E-state index is -0.0342. The van der Waals surface area contributed by atoms with Crippen molar-refractivity contribution in [1.82, 2.24) is 0 Å². The molecule has 0 aromatic rings. The predicted molar refractivity (Wildman–Crippen MR) is 33.9 cm³/mol. The zero-order valence-electron chi connectivity index (χ0n) is 5.89. The normalized spacial score (nSPS) is 33.1. The van der Waals surface area contributed by atoms with Gasteiger partial charge in [-0.15, -0.1) is 0 Å². The van der Waals surface area contributed by atoms with Crippen molar-refractivity contribution in [2.75, 3.05) is 7.11 Å². The molecule has 52 valence electrons. The molecule has 0 unspecified atom stereocenters. The SMILES string of the molecule is COC(=O)[C@H]1C[C@@H](C)C1. The molecule has 0 aliphatic heterocycles. The fourth-order valence-electron chi connectivity index (χ4n) is 1.26. The van der Waals surface area contributed by atoms with Crippen molar-refractivity contribution < 1.29 is 9.53 Å². The van der Waals surface area contributed by atoms with Gasteiger partial charge in [-0.1, -0.05) is 6.92 Å². The lowest BCUT2D eigenvalue weighted by atomic mass is 9.76. The number of rotatable bonds is 1. The van der Waals surface area contributed by atoms with Crippen molar-refractivity contribution in [3.05, 3.63) is 0 Å². The second kappa shape index (κ2) is 2.38. The molecular weight excluding hydrogens is 116 g/mol. The van der Waals surface area contributed by atoms with E-state index in [2.05, 4.69) is 11.7 Å². The molecule has 0 aromatic heterocycles. The third-order valence-corrected chi connectivity index (χ3v) is 1.91. The van der Waals surface area contributed by atoms with E-state index >= 15 is 0 Å². The zero-order chi connectivity index (χ0) is 6.85. The van der Waals surface area contributed by atoms with E-state index in [1.165, 1.54) is 7.11 Å². The first-order chi connectivity index (χ1) is 4.24. The summed E-state index contributed by atoms with van der Waals surface area (Å²) in [6.07, 6.45) is 2.04. The molecule has 0 aromatic carbocycles. The predicted octanol–water partition coefficient (Wildman–Crippen LogP) is 1.21. The summed E-state index contributed by atoms with van der Waals surface area (Å²) in [6, 6.07) is 0. The topological polar surface area (TPSA) is 26.3 Å². The molecule has 0 radical (unpaired) electrons. The van der Waals surface area contributed by atoms with Crippen LogP contribution in [-0.2, 0) is 9.53 Å². The van der Waals surface area contributed by atoms with Crippen LogP contribution in [0.1, 0.15) is 19.8 Å². The van der Waals surface area contributed by atoms with E-state index in [1.54, 1.807) is 0 Å². The third kappa shape index (κ3) is 1.23. The van der Waals surface area contributed by atoms with Gasteiger partial charge in [0.1, 0.15) is 0 Å². The van der Waals surface area contributed by atoms with Gasteiger partial charge in [-0.3, -0.25) is 4.79 Å². The summed E-state index contributed by atoms with van der Waals surface area (Å²) in [5.74, 6) is 0.909. The van der Waals surface area contributed by atoms with Crippen molar-refractivity contribution in [3.63, 3.8) is 0 Å². The molecule has 2 heteroatoms. The molecule has 0 saturated heterocycles. The van der Waals surface area contributed by atoms with Crippen LogP contribution in [0, 0.1) is 11.8 Å². The van der Waals surface area contributed by atoms with Crippen molar-refractivity contribution in [2.45, 2.75) is 19.8 Å². The fraction of sp³-hybridized carbons (Fsp3) is 0.857. The highest BCUT2D eigenvalue weighted by Crippen LogP contribution is 2.33. The van der Waals surface area contributed by atoms with E-state index in [1.807, 2.05) is 0 Å². The van der Waals surface area contributed by atoms with Crippen molar-refractivity contribution in [2.24, 2.45) is 11.8 Å². The van der Waals surface area contributed by atoms with Crippen LogP contribution >= 0.6 is 0 Å². The monoisotopic (exact) mass is 128 g/mol. The van der Waals surface area contributed by atoms with Crippen LogP contribution in [0.15, 0.2) is 0 Å². The van der Waals surface area contributed by atoms with Crippen molar-refractivity contribution >= 4 is 5.97 Å². The molecule has 1 rings (SSSR count). The minimum Gasteiger partial charge on any atom is -0.469 e. The molecule has 1 aliphatic carbocycles. The maximum absolute atomic E-state index is 10.7. The van der Waals surface area contributed by atoms with Gasteiger partial charge in [0, 0.05) is 0 Å². The Kier molecular flexibility index (Phi) is 1.74. The molecule has 0 spiro atoms. The van der Waals surface area contributed by atoms with Crippen LogP contribution in [0.4, 0.5) is 0 Å². The molecule has 0 heterocycles. The summed E-state index contributed by atoms with van der Waals surface area (Å²) in [6.45, 7) is 2.15. The van der Waals surface area contributed by atoms with Crippen molar-refractivity contribution in [3.8, 4) is 0 Å². The molecule has 0 atom stereocenters. The lowest BCUT2D eigenvalue weighted by Gasteiger charge is -2.29. The molecule has 1 aliphatic rings. The van der Waals surface area contributed by atoms with Gasteiger partial charge in [-0.25, -0.2) is 0 Å². The average molecular weight is 128 g/mol. The highest BCUT2D eigenvalue weighted by atomic mass is 16.5. The number of carbonyl (C=O) groups excluding carboxylic acids is 1. The van der Waals surface area contributed by atoms with E-state index in [0.29, 0.717) is 0 Å². The number of carbonyl (C=O) groups is 1. The quantitative estimate of drug-likeness (QED) is 0.496. The van der Waals surface area contributed by atoms with Crippen LogP contribution < -0.4 is 0 Å². The first-order valence-corrected chi connectivity index (χ1v) is 3.32. The summed E-state index contributed by atoms with van der Waals surface area (Å²) >= 11 is 0. The van der Waals surface area contributed by atoms with Crippen LogP contribution in [0.2, 0.25) is 0 Å². The molecular formula is C7H12O2. The molecule has 1 saturated carbocycles. The molecule has 9 heavy (non-hydrogen) atoms. The van der Waals surface area contributed by atoms with Gasteiger partial charge in [-0.2, -0.15) is 0 Å². The van der Waals surface area contributed by atoms with E-state index in [4.69, 9.17) is 0 Å². The molecule has 0 bridgehead atoms. The summed E-state index contributed by atoms with van der Waals surface area (Å²) in [4.78, 5) is 10.7. The second-order valence-corrected chi connectivity index (χ2v) is 2.80. The van der Waals surface area contributed by atoms with E-state index in [-0.39, 0.29) is 11.9 Å². The van der Waals surface area contributed by atoms with Gasteiger partial charge in [0.15, 0.2) is 0 Å². The highest BCUT2D eigenvalue weighted by Gasteiger charge is 2.31. The van der Waals surface area contributed by atoms with Gasteiger partial charge >= 0.3 is 5.97 Å². The Bertz CT molecular complexity index is 114. The Morgan fingerprint density at radius 2 is 2.11 bits per heavy atom. The second-order valence-electron chi connectivity index (χ2n) is 2.80. The average Bonchev–Trinajstić information content (AvgIpc) is 1.79. The number of methoxy groups -OCH3 is 1. The number of hydrogen-bond donors (Lipinski definition) is 0. The largest absolute Gasteiger partial charge is 0.469 e. The highest BCUT2D eigenvalue weighted by molar-refractivity contribution is 5.73. The van der Waals surface area contributed by atoms with Crippen LogP contribution in [0.25, 0.3) is 0 Å². The molecule has 0 N–H and O–H groups in total. The third-order valence-electron chi connectivity index (χ3n) is 1.91. The van der Waals surface area contributed by atoms with Gasteiger partial charge in [-0.05, 0) is 18.8 Å². The smallest absolute Gasteiger partial charge is 0.308 e. The number of ether oxygens (including phenoxy) is 1. The van der Waals surface area contributed by atoms with E-state index < -0.39 is 0 Å². The maximum atomic E-state index is 10.7. The minimum absolute atomic E-state index is 0.0342. The Hall–Kier alpha value is -0.530. The summed E-state index contributed by atoms with van der Waals surface area (Å²) in [7, 11) is 1.45. The number of esters is 1. The summed E-state index contributed by atoms with van der Waals surface area (Å²) in [5.41, 5.74) is 0. The van der Waals surface area contributed by atoms with Gasteiger partial charge in [0.05, 0.1) is 13.0 Å². The van der Waals surface area contributed by atoms with Gasteiger partial charge in [0.2, 0.25) is 0 Å². The first-order valence-electron chi connectivity index (χ1n) is 3.32. The van der Waals surface area contributed by atoms with Gasteiger partial charge in [0.25, 0.3) is 0 Å². The van der Waals surface area contributed by atoms with Crippen molar-refractivity contribution in [1.29, 1.82) is 0 Å². The van der Waals surface area contributed by atoms with Gasteiger partial charge < -0.3 is 4.74 Å². The molecule has 1 fully saturated rings. The van der Waals surface area contributed by atoms with E-state index in [9.17, 15) is 4.79 Å². The Balaban J connectivity index is 2.23. The molecule has 2 nitrogen and oxygen atoms in total. The lowest BCUT2D eigenvalue weighted by Crippen LogP contribution is -2.29. The fourth-order valence-corrected chi connectivity index (χ4v) is 1.26. The van der Waals surface area contributed by atoms with Crippen LogP contribution in [-0.4, -0.2) is 13.1 Å². The summed E-state index contributed by atoms with van der Waals surface area (Å²) < 4.78 is 4.56.